The van der Waals surface area contributed by atoms with Gasteiger partial charge < -0.3 is 14.6 Å². The normalized spacial score (nSPS) is 18.7. The summed E-state index contributed by atoms with van der Waals surface area (Å²) in [5, 5.41) is 8.83. The second-order valence-corrected chi connectivity index (χ2v) is 6.30. The number of methoxy groups -OCH3 is 1. The zero-order valence-corrected chi connectivity index (χ0v) is 14.6. The Bertz CT molecular complexity index is 523. The van der Waals surface area contributed by atoms with Crippen molar-refractivity contribution in [1.29, 1.82) is 0 Å². The van der Waals surface area contributed by atoms with Crippen LogP contribution in [-0.2, 0) is 16.0 Å². The summed E-state index contributed by atoms with van der Waals surface area (Å²) in [6.07, 6.45) is 2.14. The summed E-state index contributed by atoms with van der Waals surface area (Å²) in [4.78, 5) is 14.9. The molecule has 1 aromatic carbocycles. The molecule has 1 heterocycles. The van der Waals surface area contributed by atoms with Gasteiger partial charge in [-0.1, -0.05) is 18.2 Å². The summed E-state index contributed by atoms with van der Waals surface area (Å²) in [5.41, 5.74) is 1.24. The topological polar surface area (TPSA) is 62.2 Å². The van der Waals surface area contributed by atoms with E-state index in [9.17, 15) is 4.79 Å². The van der Waals surface area contributed by atoms with Crippen molar-refractivity contribution in [2.24, 2.45) is 0 Å². The Hall–Kier alpha value is -1.63. The Morgan fingerprint density at radius 2 is 2.25 bits per heavy atom. The van der Waals surface area contributed by atoms with E-state index in [4.69, 9.17) is 14.6 Å². The number of rotatable bonds is 9. The van der Waals surface area contributed by atoms with E-state index in [-0.39, 0.29) is 12.6 Å². The van der Waals surface area contributed by atoms with Crippen molar-refractivity contribution in [3.63, 3.8) is 0 Å². The predicted molar refractivity (Wildman–Crippen MR) is 92.6 cm³/mol. The maximum atomic E-state index is 10.7. The summed E-state index contributed by atoms with van der Waals surface area (Å²) in [6.45, 7) is 4.21. The number of aryl methyl sites for hydroxylation is 1. The molecule has 1 atom stereocenters. The van der Waals surface area contributed by atoms with Crippen LogP contribution in [0.4, 0.5) is 0 Å². The van der Waals surface area contributed by atoms with Crippen LogP contribution in [0, 0.1) is 0 Å². The lowest BCUT2D eigenvalue weighted by Crippen LogP contribution is -2.47. The maximum absolute atomic E-state index is 10.7. The molecule has 24 heavy (non-hydrogen) atoms. The van der Waals surface area contributed by atoms with Crippen LogP contribution in [-0.4, -0.2) is 80.5 Å². The zero-order valence-electron chi connectivity index (χ0n) is 14.6. The van der Waals surface area contributed by atoms with Gasteiger partial charge in [-0.25, -0.2) is 0 Å². The van der Waals surface area contributed by atoms with Gasteiger partial charge in [0.05, 0.1) is 26.4 Å². The molecule has 1 fully saturated rings. The van der Waals surface area contributed by atoms with Crippen molar-refractivity contribution in [3.8, 4) is 5.75 Å². The van der Waals surface area contributed by atoms with E-state index in [0.29, 0.717) is 13.2 Å². The molecule has 0 bridgehead atoms. The molecule has 1 N–H and O–H groups in total. The molecular formula is C18H28N2O4. The average Bonchev–Trinajstić information content (AvgIpc) is 2.55. The second-order valence-electron chi connectivity index (χ2n) is 6.30. The smallest absolute Gasteiger partial charge is 0.317 e. The number of morpholine rings is 1. The number of carbonyl (C=O) groups is 1. The molecule has 0 radical (unpaired) electrons. The van der Waals surface area contributed by atoms with Crippen molar-refractivity contribution < 1.29 is 19.4 Å². The molecule has 1 aliphatic heterocycles. The first-order valence-electron chi connectivity index (χ1n) is 8.44. The molecule has 0 saturated carbocycles. The zero-order chi connectivity index (χ0) is 17.4. The summed E-state index contributed by atoms with van der Waals surface area (Å²) in [7, 11) is 3.52. The van der Waals surface area contributed by atoms with Gasteiger partial charge in [0.25, 0.3) is 0 Å². The Kier molecular flexibility index (Phi) is 7.49. The number of carboxylic acid groups (broad SMARTS) is 1. The number of nitrogens with zero attached hydrogens (tertiary/aromatic N) is 2. The first-order chi connectivity index (χ1) is 11.6. The number of likely N-dealkylation sites (N-methyl/N-ethyl adjacent to an activating group) is 1. The van der Waals surface area contributed by atoms with Crippen LogP contribution < -0.4 is 4.74 Å². The third-order valence-corrected chi connectivity index (χ3v) is 4.26. The highest BCUT2D eigenvalue weighted by molar-refractivity contribution is 5.69. The van der Waals surface area contributed by atoms with Crippen molar-refractivity contribution in [2.45, 2.75) is 18.9 Å². The summed E-state index contributed by atoms with van der Waals surface area (Å²) >= 11 is 0. The number of benzene rings is 1. The van der Waals surface area contributed by atoms with Gasteiger partial charge in [-0.05, 0) is 38.1 Å². The second kappa shape index (κ2) is 9.61. The van der Waals surface area contributed by atoms with Crippen LogP contribution in [0.15, 0.2) is 24.3 Å². The highest BCUT2D eigenvalue weighted by Gasteiger charge is 2.22. The fraction of sp³-hybridized carbons (Fsp3) is 0.611. The quantitative estimate of drug-likeness (QED) is 0.734. The minimum atomic E-state index is -0.804. The van der Waals surface area contributed by atoms with Crippen molar-refractivity contribution in [3.05, 3.63) is 29.8 Å². The highest BCUT2D eigenvalue weighted by Crippen LogP contribution is 2.19. The van der Waals surface area contributed by atoms with E-state index in [1.54, 1.807) is 12.0 Å². The molecule has 1 saturated heterocycles. The van der Waals surface area contributed by atoms with Crippen molar-refractivity contribution in [1.82, 2.24) is 9.80 Å². The fourth-order valence-corrected chi connectivity index (χ4v) is 3.14. The molecular weight excluding hydrogens is 308 g/mol. The summed E-state index contributed by atoms with van der Waals surface area (Å²) in [5.74, 6) is 0.148. The minimum absolute atomic E-state index is 0.0493. The molecule has 2 rings (SSSR count). The molecule has 0 amide bonds. The van der Waals surface area contributed by atoms with Crippen LogP contribution in [0.1, 0.15) is 12.0 Å². The Morgan fingerprint density at radius 3 is 3.00 bits per heavy atom. The van der Waals surface area contributed by atoms with Crippen molar-refractivity contribution in [2.75, 3.05) is 53.5 Å². The van der Waals surface area contributed by atoms with E-state index >= 15 is 0 Å². The van der Waals surface area contributed by atoms with Crippen LogP contribution in [0.5, 0.6) is 5.75 Å². The lowest BCUT2D eigenvalue weighted by atomic mass is 10.1. The Balaban J connectivity index is 1.73. The van der Waals surface area contributed by atoms with E-state index in [1.165, 1.54) is 5.56 Å². The number of para-hydroxylation sites is 1. The number of ether oxygens (including phenoxy) is 2. The van der Waals surface area contributed by atoms with E-state index in [0.717, 1.165) is 38.2 Å². The lowest BCUT2D eigenvalue weighted by molar-refractivity contribution is -0.138. The first-order valence-corrected chi connectivity index (χ1v) is 8.44. The van der Waals surface area contributed by atoms with Crippen molar-refractivity contribution >= 4 is 5.97 Å². The molecule has 0 aromatic heterocycles. The number of carboxylic acids is 1. The molecule has 0 aliphatic carbocycles. The highest BCUT2D eigenvalue weighted by atomic mass is 16.5. The van der Waals surface area contributed by atoms with E-state index in [2.05, 4.69) is 11.0 Å². The Labute approximate surface area is 144 Å². The van der Waals surface area contributed by atoms with Gasteiger partial charge in [0.15, 0.2) is 0 Å². The maximum Gasteiger partial charge on any atom is 0.317 e. The van der Waals surface area contributed by atoms with Gasteiger partial charge in [0, 0.05) is 19.6 Å². The third kappa shape index (κ3) is 6.11. The van der Waals surface area contributed by atoms with E-state index in [1.807, 2.05) is 25.2 Å². The SMILES string of the molecule is COc1ccccc1CCCN1CCOC(CN(C)CC(=O)O)C1. The van der Waals surface area contributed by atoms with Crippen LogP contribution in [0.3, 0.4) is 0 Å². The van der Waals surface area contributed by atoms with Crippen LogP contribution in [0.25, 0.3) is 0 Å². The summed E-state index contributed by atoms with van der Waals surface area (Å²) < 4.78 is 11.2. The average molecular weight is 336 g/mol. The predicted octanol–water partition coefficient (Wildman–Crippen LogP) is 1.35. The molecule has 1 aromatic rings. The molecule has 6 heteroatoms. The van der Waals surface area contributed by atoms with Crippen LogP contribution in [0.2, 0.25) is 0 Å². The standard InChI is InChI=1S/C18H28N2O4/c1-19(14-18(21)22)12-16-13-20(10-11-24-16)9-5-7-15-6-3-4-8-17(15)23-2/h3-4,6,8,16H,5,7,9-14H2,1-2H3,(H,21,22). The van der Waals surface area contributed by atoms with Gasteiger partial charge in [0.2, 0.25) is 0 Å². The molecule has 134 valence electrons. The Morgan fingerprint density at radius 1 is 1.46 bits per heavy atom. The molecule has 0 spiro atoms. The lowest BCUT2D eigenvalue weighted by Gasteiger charge is -2.34. The fourth-order valence-electron chi connectivity index (χ4n) is 3.14. The summed E-state index contributed by atoms with van der Waals surface area (Å²) in [6, 6.07) is 8.14. The van der Waals surface area contributed by atoms with E-state index < -0.39 is 5.97 Å². The minimum Gasteiger partial charge on any atom is -0.496 e. The monoisotopic (exact) mass is 336 g/mol. The third-order valence-electron chi connectivity index (χ3n) is 4.26. The first kappa shape index (κ1) is 18.7. The molecule has 1 aliphatic rings. The van der Waals surface area contributed by atoms with Gasteiger partial charge in [-0.2, -0.15) is 0 Å². The van der Waals surface area contributed by atoms with Crippen LogP contribution >= 0.6 is 0 Å². The number of hydrogen-bond acceptors (Lipinski definition) is 5. The number of aliphatic carboxylic acids is 1. The molecule has 6 nitrogen and oxygen atoms in total. The molecule has 1 unspecified atom stereocenters. The largest absolute Gasteiger partial charge is 0.496 e. The van der Waals surface area contributed by atoms with Gasteiger partial charge in [-0.15, -0.1) is 0 Å². The van der Waals surface area contributed by atoms with Gasteiger partial charge >= 0.3 is 5.97 Å². The van der Waals surface area contributed by atoms with Gasteiger partial charge in [0.1, 0.15) is 5.75 Å². The number of hydrogen-bond donors (Lipinski definition) is 1. The van der Waals surface area contributed by atoms with Gasteiger partial charge in [-0.3, -0.25) is 14.6 Å².